The molecule has 0 fully saturated rings. The lowest BCUT2D eigenvalue weighted by Crippen LogP contribution is -2.21. The molecule has 0 spiro atoms. The molecule has 2 rings (SSSR count). The summed E-state index contributed by atoms with van der Waals surface area (Å²) in [6.07, 6.45) is 0.912. The number of likely N-dealkylation sites (N-methyl/N-ethyl adjacent to an activating group) is 1. The normalized spacial score (nSPS) is 13.4. The Hall–Kier alpha value is -1.84. The third-order valence-electron chi connectivity index (χ3n) is 2.92. The number of para-hydroxylation sites is 1. The van der Waals surface area contributed by atoms with E-state index in [0.717, 1.165) is 24.2 Å². The number of hydrogen-bond donors (Lipinski definition) is 0. The van der Waals surface area contributed by atoms with E-state index in [0.29, 0.717) is 5.56 Å². The highest BCUT2D eigenvalue weighted by molar-refractivity contribution is 6.42. The molecule has 1 aromatic carbocycles. The van der Waals surface area contributed by atoms with Crippen molar-refractivity contribution in [2.45, 2.75) is 13.3 Å². The van der Waals surface area contributed by atoms with E-state index in [1.54, 1.807) is 13.0 Å². The summed E-state index contributed by atoms with van der Waals surface area (Å²) < 4.78 is 4.75. The number of carbonyl (C=O) groups is 2. The van der Waals surface area contributed by atoms with Crippen LogP contribution in [0.25, 0.3) is 0 Å². The molecule has 0 N–H and O–H groups in total. The Kier molecular flexibility index (Phi) is 3.13. The molecule has 0 radical (unpaired) electrons. The highest BCUT2D eigenvalue weighted by Crippen LogP contribution is 2.30. The SMILES string of the molecule is CCOC(=O)C(=O)c1cccc2c1N(C)CC2. The Morgan fingerprint density at radius 2 is 2.18 bits per heavy atom. The third-order valence-corrected chi connectivity index (χ3v) is 2.92. The summed E-state index contributed by atoms with van der Waals surface area (Å²) in [5, 5.41) is 0. The van der Waals surface area contributed by atoms with Crippen molar-refractivity contribution in [2.24, 2.45) is 0 Å². The highest BCUT2D eigenvalue weighted by Gasteiger charge is 2.26. The van der Waals surface area contributed by atoms with Gasteiger partial charge in [-0.05, 0) is 25.0 Å². The Balaban J connectivity index is 2.37. The zero-order chi connectivity index (χ0) is 12.4. The molecular formula is C13H15NO3. The lowest BCUT2D eigenvalue weighted by Gasteiger charge is -2.15. The average Bonchev–Trinajstić information content (AvgIpc) is 2.71. The van der Waals surface area contributed by atoms with Crippen molar-refractivity contribution < 1.29 is 14.3 Å². The Labute approximate surface area is 100 Å². The second kappa shape index (κ2) is 4.57. The zero-order valence-electron chi connectivity index (χ0n) is 10.0. The lowest BCUT2D eigenvalue weighted by atomic mass is 10.0. The van der Waals surface area contributed by atoms with Crippen LogP contribution in [0.3, 0.4) is 0 Å². The summed E-state index contributed by atoms with van der Waals surface area (Å²) >= 11 is 0. The third kappa shape index (κ3) is 2.02. The number of ether oxygens (including phenoxy) is 1. The van der Waals surface area contributed by atoms with Gasteiger partial charge >= 0.3 is 5.97 Å². The molecule has 0 unspecified atom stereocenters. The van der Waals surface area contributed by atoms with Crippen molar-refractivity contribution in [1.29, 1.82) is 0 Å². The predicted octanol–water partition coefficient (Wildman–Crippen LogP) is 1.42. The van der Waals surface area contributed by atoms with Crippen LogP contribution >= 0.6 is 0 Å². The van der Waals surface area contributed by atoms with Crippen molar-refractivity contribution in [2.75, 3.05) is 25.1 Å². The molecule has 0 amide bonds. The van der Waals surface area contributed by atoms with Crippen LogP contribution < -0.4 is 4.90 Å². The molecule has 1 aromatic rings. The van der Waals surface area contributed by atoms with E-state index in [2.05, 4.69) is 0 Å². The second-order valence-corrected chi connectivity index (χ2v) is 4.03. The van der Waals surface area contributed by atoms with Gasteiger partial charge in [0.1, 0.15) is 0 Å². The Morgan fingerprint density at radius 1 is 1.41 bits per heavy atom. The molecule has 90 valence electrons. The quantitative estimate of drug-likeness (QED) is 0.450. The Bertz CT molecular complexity index is 468. The van der Waals surface area contributed by atoms with Crippen molar-refractivity contribution in [3.8, 4) is 0 Å². The minimum atomic E-state index is -0.777. The van der Waals surface area contributed by atoms with Crippen LogP contribution in [0, 0.1) is 0 Å². The van der Waals surface area contributed by atoms with Crippen LogP contribution in [-0.2, 0) is 16.0 Å². The number of carbonyl (C=O) groups excluding carboxylic acids is 2. The maximum Gasteiger partial charge on any atom is 0.379 e. The molecule has 4 heteroatoms. The highest BCUT2D eigenvalue weighted by atomic mass is 16.5. The van der Waals surface area contributed by atoms with Gasteiger partial charge in [0.2, 0.25) is 0 Å². The molecular weight excluding hydrogens is 218 g/mol. The maximum absolute atomic E-state index is 11.9. The first kappa shape index (κ1) is 11.6. The van der Waals surface area contributed by atoms with Crippen LogP contribution in [0.4, 0.5) is 5.69 Å². The van der Waals surface area contributed by atoms with Crippen LogP contribution in [0.2, 0.25) is 0 Å². The molecule has 4 nitrogen and oxygen atoms in total. The number of hydrogen-bond acceptors (Lipinski definition) is 4. The summed E-state index contributed by atoms with van der Waals surface area (Å²) in [5.74, 6) is -1.33. The van der Waals surface area contributed by atoms with Gasteiger partial charge in [0.05, 0.1) is 17.9 Å². The van der Waals surface area contributed by atoms with Gasteiger partial charge in [-0.1, -0.05) is 12.1 Å². The molecule has 1 heterocycles. The molecule has 0 saturated carbocycles. The predicted molar refractivity (Wildman–Crippen MR) is 64.4 cm³/mol. The number of esters is 1. The molecule has 0 aliphatic carbocycles. The van der Waals surface area contributed by atoms with Crippen LogP contribution in [0.5, 0.6) is 0 Å². The molecule has 0 aromatic heterocycles. The smallest absolute Gasteiger partial charge is 0.379 e. The molecule has 0 saturated heterocycles. The zero-order valence-corrected chi connectivity index (χ0v) is 10.0. The van der Waals surface area contributed by atoms with Crippen molar-refractivity contribution in [3.63, 3.8) is 0 Å². The number of anilines is 1. The minimum absolute atomic E-state index is 0.218. The Morgan fingerprint density at radius 3 is 2.88 bits per heavy atom. The van der Waals surface area contributed by atoms with Crippen molar-refractivity contribution >= 4 is 17.4 Å². The van der Waals surface area contributed by atoms with E-state index in [1.807, 2.05) is 24.1 Å². The van der Waals surface area contributed by atoms with Gasteiger partial charge in [-0.3, -0.25) is 4.79 Å². The fourth-order valence-corrected chi connectivity index (χ4v) is 2.13. The number of Topliss-reactive ketones (excluding diaryl/α,β-unsaturated/α-hetero) is 1. The van der Waals surface area contributed by atoms with Gasteiger partial charge in [0.25, 0.3) is 5.78 Å². The largest absolute Gasteiger partial charge is 0.460 e. The fraction of sp³-hybridized carbons (Fsp3) is 0.385. The van der Waals surface area contributed by atoms with Crippen LogP contribution in [-0.4, -0.2) is 32.0 Å². The summed E-state index contributed by atoms with van der Waals surface area (Å²) in [5.41, 5.74) is 2.43. The number of fused-ring (bicyclic) bond motifs is 1. The fourth-order valence-electron chi connectivity index (χ4n) is 2.13. The lowest BCUT2D eigenvalue weighted by molar-refractivity contribution is -0.137. The van der Waals surface area contributed by atoms with Gasteiger partial charge in [-0.25, -0.2) is 4.79 Å². The summed E-state index contributed by atoms with van der Waals surface area (Å²) in [6, 6.07) is 5.48. The monoisotopic (exact) mass is 233 g/mol. The maximum atomic E-state index is 11.9. The molecule has 1 aliphatic heterocycles. The second-order valence-electron chi connectivity index (χ2n) is 4.03. The van der Waals surface area contributed by atoms with Gasteiger partial charge in [0, 0.05) is 13.6 Å². The van der Waals surface area contributed by atoms with Gasteiger partial charge < -0.3 is 9.64 Å². The summed E-state index contributed by atoms with van der Waals surface area (Å²) in [6.45, 7) is 2.78. The standard InChI is InChI=1S/C13H15NO3/c1-3-17-13(16)12(15)10-6-4-5-9-7-8-14(2)11(9)10/h4-6H,3,7-8H2,1-2H3. The molecule has 1 aliphatic rings. The van der Waals surface area contributed by atoms with Gasteiger partial charge in [-0.15, -0.1) is 0 Å². The summed E-state index contributed by atoms with van der Waals surface area (Å²) in [7, 11) is 1.92. The first-order chi connectivity index (χ1) is 8.15. The molecule has 0 atom stereocenters. The van der Waals surface area contributed by atoms with Crippen molar-refractivity contribution in [1.82, 2.24) is 0 Å². The van der Waals surface area contributed by atoms with Crippen LogP contribution in [0.1, 0.15) is 22.8 Å². The first-order valence-corrected chi connectivity index (χ1v) is 5.69. The summed E-state index contributed by atoms with van der Waals surface area (Å²) in [4.78, 5) is 25.4. The van der Waals surface area contributed by atoms with E-state index in [-0.39, 0.29) is 6.61 Å². The van der Waals surface area contributed by atoms with E-state index >= 15 is 0 Å². The van der Waals surface area contributed by atoms with E-state index in [4.69, 9.17) is 4.74 Å². The van der Waals surface area contributed by atoms with Gasteiger partial charge in [-0.2, -0.15) is 0 Å². The molecule has 0 bridgehead atoms. The van der Waals surface area contributed by atoms with E-state index < -0.39 is 11.8 Å². The van der Waals surface area contributed by atoms with Crippen LogP contribution in [0.15, 0.2) is 18.2 Å². The van der Waals surface area contributed by atoms with Crippen molar-refractivity contribution in [3.05, 3.63) is 29.3 Å². The topological polar surface area (TPSA) is 46.6 Å². The average molecular weight is 233 g/mol. The number of ketones is 1. The van der Waals surface area contributed by atoms with E-state index in [1.165, 1.54) is 0 Å². The number of rotatable bonds is 3. The molecule has 17 heavy (non-hydrogen) atoms. The first-order valence-electron chi connectivity index (χ1n) is 5.69. The van der Waals surface area contributed by atoms with E-state index in [9.17, 15) is 9.59 Å². The number of nitrogens with zero attached hydrogens (tertiary/aromatic N) is 1. The van der Waals surface area contributed by atoms with Gasteiger partial charge in [0.15, 0.2) is 0 Å². The minimum Gasteiger partial charge on any atom is -0.460 e. The number of benzene rings is 1.